The van der Waals surface area contributed by atoms with Crippen LogP contribution in [0.3, 0.4) is 0 Å². The zero-order chi connectivity index (χ0) is 25.2. The van der Waals surface area contributed by atoms with Gasteiger partial charge in [0.2, 0.25) is 0 Å². The van der Waals surface area contributed by atoms with Gasteiger partial charge in [0.15, 0.2) is 0 Å². The molecule has 0 aromatic heterocycles. The maximum Gasteiger partial charge on any atom is 2.00 e. The van der Waals surface area contributed by atoms with Crippen molar-refractivity contribution in [3.05, 3.63) is 66.6 Å². The Balaban J connectivity index is 0.00000432. The van der Waals surface area contributed by atoms with Gasteiger partial charge >= 0.3 is 17.1 Å². The molecule has 1 aliphatic heterocycles. The van der Waals surface area contributed by atoms with Crippen molar-refractivity contribution < 1.29 is 26.7 Å². The normalized spacial score (nSPS) is 16.3. The summed E-state index contributed by atoms with van der Waals surface area (Å²) in [5.74, 6) is 3.79. The Labute approximate surface area is 234 Å². The molecule has 1 heterocycles. The fraction of sp³-hybridized carbons (Fsp3) is 0.240. The maximum absolute atomic E-state index is 11.7. The third kappa shape index (κ3) is 6.62. The standard InChI is InChI=1S/C25H19Cl4N3O2.Fe/c1-12-5-18(26)8-20(28)22(12)30-14(3)24-16(10-33)7-17(11-34)25(32-24)15(4)31-23-13(2)6-19(27)9-21(23)29;/h5-6,8-9,24H,7H2,1-4H3;/q;+2. The second-order valence-corrected chi connectivity index (χ2v) is 9.51. The molecule has 5 nitrogen and oxygen atoms in total. The van der Waals surface area contributed by atoms with Gasteiger partial charge in [0.25, 0.3) is 0 Å². The van der Waals surface area contributed by atoms with E-state index in [1.54, 1.807) is 38.1 Å². The van der Waals surface area contributed by atoms with Crippen molar-refractivity contribution in [1.29, 1.82) is 0 Å². The molecule has 35 heavy (non-hydrogen) atoms. The molecule has 0 amide bonds. The van der Waals surface area contributed by atoms with Gasteiger partial charge in [-0.3, -0.25) is 9.98 Å². The molecule has 0 saturated carbocycles. The Hall–Kier alpha value is -1.97. The maximum atomic E-state index is 11.7. The molecule has 1 atom stereocenters. The minimum absolute atomic E-state index is 0. The van der Waals surface area contributed by atoms with E-state index >= 15 is 0 Å². The summed E-state index contributed by atoms with van der Waals surface area (Å²) in [6.07, 6.45) is 0.0247. The first-order valence-electron chi connectivity index (χ1n) is 10.1. The summed E-state index contributed by atoms with van der Waals surface area (Å²) in [5.41, 5.74) is 4.29. The van der Waals surface area contributed by atoms with Crippen molar-refractivity contribution in [3.63, 3.8) is 0 Å². The van der Waals surface area contributed by atoms with E-state index in [9.17, 15) is 9.59 Å². The van der Waals surface area contributed by atoms with Gasteiger partial charge in [-0.15, -0.1) is 0 Å². The minimum atomic E-state index is -0.748. The van der Waals surface area contributed by atoms with Gasteiger partial charge in [-0.2, -0.15) is 0 Å². The van der Waals surface area contributed by atoms with E-state index in [0.29, 0.717) is 48.6 Å². The topological polar surface area (TPSA) is 71.2 Å². The molecule has 10 heteroatoms. The van der Waals surface area contributed by atoms with Crippen LogP contribution in [-0.4, -0.2) is 35.1 Å². The monoisotopic (exact) mass is 589 g/mol. The summed E-state index contributed by atoms with van der Waals surface area (Å²) >= 11 is 24.8. The predicted octanol–water partition coefficient (Wildman–Crippen LogP) is 7.53. The van der Waals surface area contributed by atoms with E-state index in [1.165, 1.54) is 0 Å². The molecule has 2 aromatic rings. The molecular weight excluding hydrogens is 572 g/mol. The average Bonchev–Trinajstić information content (AvgIpc) is 2.77. The van der Waals surface area contributed by atoms with Crippen LogP contribution < -0.4 is 0 Å². The Morgan fingerprint density at radius 2 is 1.40 bits per heavy atom. The van der Waals surface area contributed by atoms with E-state index in [0.717, 1.165) is 11.1 Å². The van der Waals surface area contributed by atoms with Gasteiger partial charge in [0, 0.05) is 27.8 Å². The van der Waals surface area contributed by atoms with Crippen molar-refractivity contribution in [3.8, 4) is 0 Å². The summed E-state index contributed by atoms with van der Waals surface area (Å²) in [7, 11) is 0. The van der Waals surface area contributed by atoms with Crippen molar-refractivity contribution >= 4 is 86.8 Å². The molecule has 2 aromatic carbocycles. The quantitative estimate of drug-likeness (QED) is 0.210. The molecule has 0 spiro atoms. The fourth-order valence-corrected chi connectivity index (χ4v) is 4.89. The van der Waals surface area contributed by atoms with Gasteiger partial charge in [-0.1, -0.05) is 46.4 Å². The average molecular weight is 591 g/mol. The zero-order valence-electron chi connectivity index (χ0n) is 19.1. The van der Waals surface area contributed by atoms with Crippen LogP contribution in [0.15, 0.2) is 50.4 Å². The van der Waals surface area contributed by atoms with Gasteiger partial charge < -0.3 is 0 Å². The number of nitrogens with zero attached hydrogens (tertiary/aromatic N) is 3. The number of hydrogen-bond acceptors (Lipinski definition) is 5. The van der Waals surface area contributed by atoms with Crippen molar-refractivity contribution in [1.82, 2.24) is 0 Å². The SMILES string of the molecule is CC(=Nc1c(C)cc(Cl)cc1Cl)C1=NC(C(C)=Nc2c(C)cc(Cl)cc2Cl)C(=C=O)CC1=C=O.[Fe+2]. The molecule has 0 saturated heterocycles. The summed E-state index contributed by atoms with van der Waals surface area (Å²) in [6, 6.07) is 5.92. The van der Waals surface area contributed by atoms with Crippen LogP contribution in [-0.2, 0) is 26.7 Å². The molecule has 0 fully saturated rings. The summed E-state index contributed by atoms with van der Waals surface area (Å²) in [5, 5.41) is 1.73. The Bertz CT molecular complexity index is 1340. The number of aryl methyl sites for hydroxylation is 2. The van der Waals surface area contributed by atoms with Crippen LogP contribution in [0.4, 0.5) is 11.4 Å². The number of rotatable bonds is 4. The van der Waals surface area contributed by atoms with Crippen molar-refractivity contribution in [2.24, 2.45) is 15.0 Å². The molecular formula is C25H19Cl4FeN3O2+2. The fourth-order valence-electron chi connectivity index (χ4n) is 3.62. The first-order chi connectivity index (χ1) is 16.0. The van der Waals surface area contributed by atoms with E-state index in [-0.39, 0.29) is 34.6 Å². The van der Waals surface area contributed by atoms with E-state index in [4.69, 9.17) is 46.4 Å². The number of carbonyl (C=O) groups excluding carboxylic acids is 2. The van der Waals surface area contributed by atoms with Gasteiger partial charge in [-0.25, -0.2) is 14.6 Å². The number of hydrogen-bond donors (Lipinski definition) is 0. The molecule has 180 valence electrons. The van der Waals surface area contributed by atoms with Crippen LogP contribution in [0.5, 0.6) is 0 Å². The second kappa shape index (κ2) is 12.3. The number of aliphatic imine (C=N–C) groups is 3. The molecule has 0 radical (unpaired) electrons. The Morgan fingerprint density at radius 1 is 0.886 bits per heavy atom. The summed E-state index contributed by atoms with van der Waals surface area (Å²) in [6.45, 7) is 7.10. The molecule has 1 aliphatic rings. The van der Waals surface area contributed by atoms with E-state index in [2.05, 4.69) is 15.0 Å². The third-order valence-corrected chi connectivity index (χ3v) is 6.25. The van der Waals surface area contributed by atoms with Crippen LogP contribution in [0, 0.1) is 13.8 Å². The summed E-state index contributed by atoms with van der Waals surface area (Å²) in [4.78, 5) is 37.3. The first-order valence-corrected chi connectivity index (χ1v) is 11.6. The summed E-state index contributed by atoms with van der Waals surface area (Å²) < 4.78 is 0. The molecule has 0 bridgehead atoms. The minimum Gasteiger partial charge on any atom is -0.268 e. The Morgan fingerprint density at radius 3 is 1.86 bits per heavy atom. The zero-order valence-corrected chi connectivity index (χ0v) is 23.2. The number of benzene rings is 2. The van der Waals surface area contributed by atoms with Gasteiger partial charge in [-0.05, 0) is 63.1 Å². The Kier molecular flexibility index (Phi) is 10.3. The number of halogens is 4. The van der Waals surface area contributed by atoms with Crippen LogP contribution in [0.2, 0.25) is 20.1 Å². The smallest absolute Gasteiger partial charge is 0.268 e. The molecule has 0 aliphatic carbocycles. The van der Waals surface area contributed by atoms with Gasteiger partial charge in [0.05, 0.1) is 38.4 Å². The molecule has 3 rings (SSSR count). The second-order valence-electron chi connectivity index (χ2n) is 7.82. The first kappa shape index (κ1) is 29.3. The van der Waals surface area contributed by atoms with Crippen LogP contribution in [0.25, 0.3) is 0 Å². The number of allylic oxidation sites excluding steroid dienone is 1. The van der Waals surface area contributed by atoms with Gasteiger partial charge in [0.1, 0.15) is 17.9 Å². The van der Waals surface area contributed by atoms with E-state index in [1.807, 2.05) is 25.7 Å². The van der Waals surface area contributed by atoms with Crippen molar-refractivity contribution in [2.75, 3.05) is 0 Å². The van der Waals surface area contributed by atoms with Crippen LogP contribution in [0.1, 0.15) is 31.4 Å². The molecule has 0 N–H and O–H groups in total. The third-order valence-electron chi connectivity index (χ3n) is 5.24. The van der Waals surface area contributed by atoms with Crippen LogP contribution >= 0.6 is 46.4 Å². The van der Waals surface area contributed by atoms with E-state index < -0.39 is 6.04 Å². The molecule has 1 unspecified atom stereocenters. The predicted molar refractivity (Wildman–Crippen MR) is 142 cm³/mol. The van der Waals surface area contributed by atoms with Crippen molar-refractivity contribution in [2.45, 2.75) is 40.2 Å². The largest absolute Gasteiger partial charge is 2.00 e.